The number of nitrogens with zero attached hydrogens (tertiary/aromatic N) is 4. The predicted molar refractivity (Wildman–Crippen MR) is 140 cm³/mol. The molecule has 1 fully saturated rings. The Balaban J connectivity index is 0.00000320. The van der Waals surface area contributed by atoms with Crippen LogP contribution >= 0.6 is 35.3 Å². The molecular formula is C22H35IN6S. The molecule has 166 valence electrons. The zero-order chi connectivity index (χ0) is 20.5. The van der Waals surface area contributed by atoms with E-state index in [1.165, 1.54) is 15.6 Å². The zero-order valence-corrected chi connectivity index (χ0v) is 21.5. The van der Waals surface area contributed by atoms with E-state index in [2.05, 4.69) is 74.6 Å². The molecule has 2 heterocycles. The minimum atomic E-state index is 0. The molecule has 1 aliphatic rings. The number of hydrogen-bond donors (Lipinski definition) is 2. The SMILES string of the molecule is CN=C(NCCCN1CCN(c2ccccc2)CC1)NCCc1nc(C)c(C)s1.I. The largest absolute Gasteiger partial charge is 0.369 e. The summed E-state index contributed by atoms with van der Waals surface area (Å²) in [5.74, 6) is 0.879. The van der Waals surface area contributed by atoms with Crippen molar-refractivity contribution in [1.82, 2.24) is 20.5 Å². The molecule has 0 amide bonds. The molecule has 8 heteroatoms. The molecule has 0 unspecified atom stereocenters. The second-order valence-electron chi connectivity index (χ2n) is 7.44. The normalized spacial score (nSPS) is 15.0. The van der Waals surface area contributed by atoms with Gasteiger partial charge in [-0.15, -0.1) is 35.3 Å². The Kier molecular flexibility index (Phi) is 10.9. The van der Waals surface area contributed by atoms with Crippen LogP contribution in [0.4, 0.5) is 5.69 Å². The third-order valence-electron chi connectivity index (χ3n) is 5.36. The Labute approximate surface area is 202 Å². The summed E-state index contributed by atoms with van der Waals surface area (Å²) in [6.45, 7) is 11.6. The molecule has 6 nitrogen and oxygen atoms in total. The van der Waals surface area contributed by atoms with Gasteiger partial charge in [-0.05, 0) is 38.9 Å². The highest BCUT2D eigenvalue weighted by atomic mass is 127. The first-order valence-corrected chi connectivity index (χ1v) is 11.4. The third kappa shape index (κ3) is 7.70. The molecule has 30 heavy (non-hydrogen) atoms. The van der Waals surface area contributed by atoms with Crippen molar-refractivity contribution in [3.63, 3.8) is 0 Å². The number of rotatable bonds is 8. The summed E-state index contributed by atoms with van der Waals surface area (Å²) in [6, 6.07) is 10.7. The van der Waals surface area contributed by atoms with Gasteiger partial charge in [0.15, 0.2) is 5.96 Å². The number of thiazole rings is 1. The molecule has 0 saturated carbocycles. The van der Waals surface area contributed by atoms with E-state index in [0.717, 1.165) is 70.3 Å². The van der Waals surface area contributed by atoms with Crippen molar-refractivity contribution < 1.29 is 0 Å². The summed E-state index contributed by atoms with van der Waals surface area (Å²) in [7, 11) is 1.83. The van der Waals surface area contributed by atoms with Crippen molar-refractivity contribution in [2.75, 3.05) is 57.8 Å². The fourth-order valence-electron chi connectivity index (χ4n) is 3.53. The molecule has 1 aromatic carbocycles. The highest BCUT2D eigenvalue weighted by Crippen LogP contribution is 2.16. The van der Waals surface area contributed by atoms with E-state index >= 15 is 0 Å². The van der Waals surface area contributed by atoms with Crippen LogP contribution in [-0.4, -0.2) is 68.7 Å². The van der Waals surface area contributed by atoms with Gasteiger partial charge in [-0.2, -0.15) is 0 Å². The van der Waals surface area contributed by atoms with Crippen molar-refractivity contribution in [1.29, 1.82) is 0 Å². The van der Waals surface area contributed by atoms with Gasteiger partial charge in [-0.1, -0.05) is 18.2 Å². The van der Waals surface area contributed by atoms with Gasteiger partial charge in [0.05, 0.1) is 10.7 Å². The standard InChI is InChI=1S/C22H34N6S.HI/c1-18-19(2)29-21(26-18)10-12-25-22(23-3)24-11-7-13-27-14-16-28(17-15-27)20-8-5-4-6-9-20;/h4-6,8-9H,7,10-17H2,1-3H3,(H2,23,24,25);1H. The number of piperazine rings is 1. The van der Waals surface area contributed by atoms with Gasteiger partial charge in [-0.3, -0.25) is 9.89 Å². The van der Waals surface area contributed by atoms with Crippen LogP contribution in [0.15, 0.2) is 35.3 Å². The fourth-order valence-corrected chi connectivity index (χ4v) is 4.47. The van der Waals surface area contributed by atoms with Gasteiger partial charge in [0.25, 0.3) is 0 Å². The van der Waals surface area contributed by atoms with Crippen LogP contribution in [0.2, 0.25) is 0 Å². The smallest absolute Gasteiger partial charge is 0.190 e. The summed E-state index contributed by atoms with van der Waals surface area (Å²) >= 11 is 1.79. The highest BCUT2D eigenvalue weighted by molar-refractivity contribution is 14.0. The Morgan fingerprint density at radius 3 is 2.40 bits per heavy atom. The first-order valence-electron chi connectivity index (χ1n) is 10.6. The lowest BCUT2D eigenvalue weighted by Gasteiger charge is -2.36. The van der Waals surface area contributed by atoms with E-state index in [9.17, 15) is 0 Å². The average Bonchev–Trinajstić information content (AvgIpc) is 3.08. The van der Waals surface area contributed by atoms with Crippen molar-refractivity contribution in [2.24, 2.45) is 4.99 Å². The van der Waals surface area contributed by atoms with Crippen LogP contribution in [0.3, 0.4) is 0 Å². The zero-order valence-electron chi connectivity index (χ0n) is 18.4. The van der Waals surface area contributed by atoms with Gasteiger partial charge in [0, 0.05) is 63.3 Å². The number of aromatic nitrogens is 1. The molecule has 2 N–H and O–H groups in total. The van der Waals surface area contributed by atoms with E-state index < -0.39 is 0 Å². The Bertz CT molecular complexity index is 752. The van der Waals surface area contributed by atoms with E-state index in [1.54, 1.807) is 11.3 Å². The fraction of sp³-hybridized carbons (Fsp3) is 0.545. The quantitative estimate of drug-likeness (QED) is 0.232. The Morgan fingerprint density at radius 1 is 1.07 bits per heavy atom. The monoisotopic (exact) mass is 542 g/mol. The summed E-state index contributed by atoms with van der Waals surface area (Å²) in [5.41, 5.74) is 2.49. The molecular weight excluding hydrogens is 507 g/mol. The highest BCUT2D eigenvalue weighted by Gasteiger charge is 2.16. The van der Waals surface area contributed by atoms with Crippen LogP contribution in [0, 0.1) is 13.8 Å². The summed E-state index contributed by atoms with van der Waals surface area (Å²) in [5, 5.41) is 8.02. The van der Waals surface area contributed by atoms with Gasteiger partial charge < -0.3 is 15.5 Å². The average molecular weight is 543 g/mol. The van der Waals surface area contributed by atoms with Gasteiger partial charge in [0.1, 0.15) is 0 Å². The van der Waals surface area contributed by atoms with Crippen LogP contribution in [0.1, 0.15) is 22.0 Å². The van der Waals surface area contributed by atoms with E-state index in [1.807, 2.05) is 7.05 Å². The lowest BCUT2D eigenvalue weighted by Crippen LogP contribution is -2.47. The molecule has 1 aliphatic heterocycles. The van der Waals surface area contributed by atoms with Crippen LogP contribution < -0.4 is 15.5 Å². The number of guanidine groups is 1. The number of halogens is 1. The van der Waals surface area contributed by atoms with Gasteiger partial charge >= 0.3 is 0 Å². The maximum atomic E-state index is 4.59. The Morgan fingerprint density at radius 2 is 1.77 bits per heavy atom. The predicted octanol–water partition coefficient (Wildman–Crippen LogP) is 3.30. The minimum absolute atomic E-state index is 0. The molecule has 0 spiro atoms. The first kappa shape index (κ1) is 24.9. The first-order chi connectivity index (χ1) is 14.2. The molecule has 1 saturated heterocycles. The van der Waals surface area contributed by atoms with Gasteiger partial charge in [0.2, 0.25) is 0 Å². The minimum Gasteiger partial charge on any atom is -0.369 e. The molecule has 3 rings (SSSR count). The Hall–Kier alpha value is -1.39. The molecule has 0 aliphatic carbocycles. The van der Waals surface area contributed by atoms with E-state index in [0.29, 0.717) is 0 Å². The number of aliphatic imine (C=N–C) groups is 1. The van der Waals surface area contributed by atoms with Crippen molar-refractivity contribution in [3.8, 4) is 0 Å². The summed E-state index contributed by atoms with van der Waals surface area (Å²) in [4.78, 5) is 15.3. The molecule has 0 atom stereocenters. The molecule has 1 aromatic heterocycles. The van der Waals surface area contributed by atoms with Crippen molar-refractivity contribution >= 4 is 47.0 Å². The number of nitrogens with one attached hydrogen (secondary N) is 2. The second-order valence-corrected chi connectivity index (χ2v) is 8.73. The van der Waals surface area contributed by atoms with E-state index in [4.69, 9.17) is 0 Å². The molecule has 2 aromatic rings. The van der Waals surface area contributed by atoms with Crippen molar-refractivity contribution in [2.45, 2.75) is 26.7 Å². The number of para-hydroxylation sites is 1. The molecule has 0 bridgehead atoms. The topological polar surface area (TPSA) is 55.8 Å². The number of anilines is 1. The van der Waals surface area contributed by atoms with E-state index in [-0.39, 0.29) is 24.0 Å². The van der Waals surface area contributed by atoms with Crippen molar-refractivity contribution in [3.05, 3.63) is 45.9 Å². The summed E-state index contributed by atoms with van der Waals surface area (Å²) in [6.07, 6.45) is 2.06. The number of hydrogen-bond acceptors (Lipinski definition) is 5. The van der Waals surface area contributed by atoms with Gasteiger partial charge in [-0.25, -0.2) is 4.98 Å². The summed E-state index contributed by atoms with van der Waals surface area (Å²) < 4.78 is 0. The maximum absolute atomic E-state index is 4.59. The van der Waals surface area contributed by atoms with Crippen LogP contribution in [0.5, 0.6) is 0 Å². The lowest BCUT2D eigenvalue weighted by atomic mass is 10.2. The third-order valence-corrected chi connectivity index (χ3v) is 6.50. The lowest BCUT2D eigenvalue weighted by molar-refractivity contribution is 0.255. The molecule has 0 radical (unpaired) electrons. The van der Waals surface area contributed by atoms with Crippen LogP contribution in [0.25, 0.3) is 0 Å². The number of aryl methyl sites for hydroxylation is 2. The van der Waals surface area contributed by atoms with Crippen LogP contribution in [-0.2, 0) is 6.42 Å². The number of benzene rings is 1. The maximum Gasteiger partial charge on any atom is 0.190 e. The second kappa shape index (κ2) is 13.1.